The first-order valence-electron chi connectivity index (χ1n) is 6.61. The van der Waals surface area contributed by atoms with Crippen LogP contribution in [0.15, 0.2) is 30.6 Å². The Morgan fingerprint density at radius 1 is 1.44 bits per heavy atom. The van der Waals surface area contributed by atoms with Crippen LogP contribution in [0.4, 0.5) is 0 Å². The Kier molecular flexibility index (Phi) is 3.11. The zero-order chi connectivity index (χ0) is 12.4. The first kappa shape index (κ1) is 11.4. The van der Waals surface area contributed by atoms with Crippen LogP contribution in [0, 0.1) is 0 Å². The molecule has 1 aliphatic heterocycles. The molecule has 0 aliphatic carbocycles. The van der Waals surface area contributed by atoms with Gasteiger partial charge in [-0.15, -0.1) is 0 Å². The fourth-order valence-corrected chi connectivity index (χ4v) is 2.51. The summed E-state index contributed by atoms with van der Waals surface area (Å²) in [5.74, 6) is 2.02. The number of rotatable bonds is 3. The van der Waals surface area contributed by atoms with E-state index in [1.165, 1.54) is 12.8 Å². The van der Waals surface area contributed by atoms with Crippen molar-refractivity contribution in [3.63, 3.8) is 0 Å². The standard InChI is InChI=1S/C14H18N4/c1-2-13-16-9-10-18(13)14-7-3-5-12(17-14)11-6-4-8-15-11/h3,5,7,9-11,15H,2,4,6,8H2,1H3/t11-/m1/s1. The Morgan fingerprint density at radius 2 is 2.39 bits per heavy atom. The van der Waals surface area contributed by atoms with Gasteiger partial charge < -0.3 is 5.32 Å². The number of nitrogens with one attached hydrogen (secondary N) is 1. The van der Waals surface area contributed by atoms with Crippen LogP contribution < -0.4 is 5.32 Å². The molecule has 1 N–H and O–H groups in total. The first-order chi connectivity index (χ1) is 8.88. The van der Waals surface area contributed by atoms with Gasteiger partial charge in [0.05, 0.1) is 5.69 Å². The number of pyridine rings is 1. The number of aromatic nitrogens is 3. The van der Waals surface area contributed by atoms with Crippen molar-refractivity contribution in [2.45, 2.75) is 32.2 Å². The zero-order valence-electron chi connectivity index (χ0n) is 10.6. The van der Waals surface area contributed by atoms with Crippen molar-refractivity contribution < 1.29 is 0 Å². The maximum Gasteiger partial charge on any atom is 0.138 e. The van der Waals surface area contributed by atoms with Crippen molar-refractivity contribution in [3.8, 4) is 5.82 Å². The molecule has 3 rings (SSSR count). The van der Waals surface area contributed by atoms with E-state index in [-0.39, 0.29) is 0 Å². The molecule has 0 amide bonds. The van der Waals surface area contributed by atoms with E-state index in [1.54, 1.807) is 0 Å². The minimum Gasteiger partial charge on any atom is -0.309 e. The molecule has 18 heavy (non-hydrogen) atoms. The number of hydrogen-bond acceptors (Lipinski definition) is 3. The van der Waals surface area contributed by atoms with Gasteiger partial charge in [-0.2, -0.15) is 0 Å². The molecule has 0 unspecified atom stereocenters. The molecule has 0 radical (unpaired) electrons. The monoisotopic (exact) mass is 242 g/mol. The molecule has 1 atom stereocenters. The number of aryl methyl sites for hydroxylation is 1. The highest BCUT2D eigenvalue weighted by Gasteiger charge is 2.17. The van der Waals surface area contributed by atoms with Crippen molar-refractivity contribution >= 4 is 0 Å². The van der Waals surface area contributed by atoms with Crippen molar-refractivity contribution in [2.24, 2.45) is 0 Å². The number of hydrogen-bond donors (Lipinski definition) is 1. The highest BCUT2D eigenvalue weighted by molar-refractivity contribution is 5.28. The van der Waals surface area contributed by atoms with Gasteiger partial charge in [0.2, 0.25) is 0 Å². The second-order valence-electron chi connectivity index (χ2n) is 4.64. The van der Waals surface area contributed by atoms with E-state index in [9.17, 15) is 0 Å². The molecule has 0 aromatic carbocycles. The smallest absolute Gasteiger partial charge is 0.138 e. The lowest BCUT2D eigenvalue weighted by Gasteiger charge is -2.12. The maximum atomic E-state index is 4.77. The van der Waals surface area contributed by atoms with Crippen molar-refractivity contribution in [1.82, 2.24) is 19.9 Å². The van der Waals surface area contributed by atoms with Crippen LogP contribution in [0.1, 0.15) is 37.3 Å². The lowest BCUT2D eigenvalue weighted by Crippen LogP contribution is -2.15. The topological polar surface area (TPSA) is 42.7 Å². The molecule has 2 aromatic rings. The van der Waals surface area contributed by atoms with Crippen molar-refractivity contribution in [1.29, 1.82) is 0 Å². The molecule has 1 saturated heterocycles. The quantitative estimate of drug-likeness (QED) is 0.897. The molecule has 4 heteroatoms. The summed E-state index contributed by atoms with van der Waals surface area (Å²) in [6.07, 6.45) is 7.15. The lowest BCUT2D eigenvalue weighted by molar-refractivity contribution is 0.625. The molecule has 94 valence electrons. The number of nitrogens with zero attached hydrogens (tertiary/aromatic N) is 3. The summed E-state index contributed by atoms with van der Waals surface area (Å²) in [6.45, 7) is 3.21. The van der Waals surface area contributed by atoms with Gasteiger partial charge in [0, 0.05) is 24.9 Å². The van der Waals surface area contributed by atoms with Crippen LogP contribution >= 0.6 is 0 Å². The second kappa shape index (κ2) is 4.90. The first-order valence-corrected chi connectivity index (χ1v) is 6.61. The molecule has 0 bridgehead atoms. The van der Waals surface area contributed by atoms with Gasteiger partial charge in [0.1, 0.15) is 11.6 Å². The van der Waals surface area contributed by atoms with Crippen LogP contribution in [0.3, 0.4) is 0 Å². The van der Waals surface area contributed by atoms with Crippen molar-refractivity contribution in [2.75, 3.05) is 6.54 Å². The Balaban J connectivity index is 1.95. The molecular formula is C14H18N4. The fraction of sp³-hybridized carbons (Fsp3) is 0.429. The van der Waals surface area contributed by atoms with Gasteiger partial charge in [-0.05, 0) is 31.5 Å². The van der Waals surface area contributed by atoms with Crippen LogP contribution in [-0.4, -0.2) is 21.1 Å². The Hall–Kier alpha value is -1.68. The van der Waals surface area contributed by atoms with E-state index >= 15 is 0 Å². The Bertz CT molecular complexity index is 526. The maximum absolute atomic E-state index is 4.77. The molecule has 1 fully saturated rings. The predicted octanol–water partition coefficient (Wildman–Crippen LogP) is 2.25. The van der Waals surface area contributed by atoms with Gasteiger partial charge >= 0.3 is 0 Å². The van der Waals surface area contributed by atoms with Gasteiger partial charge in [-0.3, -0.25) is 4.57 Å². The number of imidazole rings is 1. The fourth-order valence-electron chi connectivity index (χ4n) is 2.51. The Labute approximate surface area is 107 Å². The highest BCUT2D eigenvalue weighted by atomic mass is 15.1. The molecule has 2 aromatic heterocycles. The largest absolute Gasteiger partial charge is 0.309 e. The molecule has 1 aliphatic rings. The molecule has 4 nitrogen and oxygen atoms in total. The van der Waals surface area contributed by atoms with Crippen LogP contribution in [-0.2, 0) is 6.42 Å². The third-order valence-corrected chi connectivity index (χ3v) is 3.45. The third-order valence-electron chi connectivity index (χ3n) is 3.45. The minimum absolute atomic E-state index is 0.415. The predicted molar refractivity (Wildman–Crippen MR) is 70.7 cm³/mol. The summed E-state index contributed by atoms with van der Waals surface area (Å²) < 4.78 is 2.07. The summed E-state index contributed by atoms with van der Waals surface area (Å²) >= 11 is 0. The van der Waals surface area contributed by atoms with E-state index in [0.29, 0.717) is 6.04 Å². The minimum atomic E-state index is 0.415. The van der Waals surface area contributed by atoms with Crippen LogP contribution in [0.5, 0.6) is 0 Å². The summed E-state index contributed by atoms with van der Waals surface area (Å²) in [4.78, 5) is 9.11. The van der Waals surface area contributed by atoms with Crippen LogP contribution in [0.2, 0.25) is 0 Å². The summed E-state index contributed by atoms with van der Waals surface area (Å²) in [7, 11) is 0. The van der Waals surface area contributed by atoms with E-state index < -0.39 is 0 Å². The van der Waals surface area contributed by atoms with Crippen LogP contribution in [0.25, 0.3) is 5.82 Å². The van der Waals surface area contributed by atoms with E-state index in [4.69, 9.17) is 4.98 Å². The lowest BCUT2D eigenvalue weighted by atomic mass is 10.1. The van der Waals surface area contributed by atoms with Gasteiger partial charge in [-0.25, -0.2) is 9.97 Å². The molecule has 0 saturated carbocycles. The van der Waals surface area contributed by atoms with Crippen molar-refractivity contribution in [3.05, 3.63) is 42.1 Å². The van der Waals surface area contributed by atoms with E-state index in [2.05, 4.69) is 33.9 Å². The van der Waals surface area contributed by atoms with Gasteiger partial charge in [0.15, 0.2) is 0 Å². The highest BCUT2D eigenvalue weighted by Crippen LogP contribution is 2.22. The average molecular weight is 242 g/mol. The molecule has 3 heterocycles. The molecule has 0 spiro atoms. The summed E-state index contributed by atoms with van der Waals surface area (Å²) in [5, 5.41) is 3.49. The summed E-state index contributed by atoms with van der Waals surface area (Å²) in [6, 6.07) is 6.64. The van der Waals surface area contributed by atoms with E-state index in [0.717, 1.165) is 30.3 Å². The SMILES string of the molecule is CCc1nccn1-c1cccc([C@H]2CCCN2)n1. The van der Waals surface area contributed by atoms with Gasteiger partial charge in [0.25, 0.3) is 0 Å². The van der Waals surface area contributed by atoms with E-state index in [1.807, 2.05) is 18.5 Å². The third kappa shape index (κ3) is 2.04. The second-order valence-corrected chi connectivity index (χ2v) is 4.64. The molecular weight excluding hydrogens is 224 g/mol. The zero-order valence-corrected chi connectivity index (χ0v) is 10.6. The normalized spacial score (nSPS) is 19.3. The average Bonchev–Trinajstić information content (AvgIpc) is 3.10. The summed E-state index contributed by atoms with van der Waals surface area (Å²) in [5.41, 5.74) is 1.14. The van der Waals surface area contributed by atoms with Gasteiger partial charge in [-0.1, -0.05) is 13.0 Å². The Morgan fingerprint density at radius 3 is 3.17 bits per heavy atom.